The maximum absolute atomic E-state index is 12.1. The second kappa shape index (κ2) is 9.45. The van der Waals surface area contributed by atoms with Crippen molar-refractivity contribution in [3.63, 3.8) is 0 Å². The maximum atomic E-state index is 12.1. The summed E-state index contributed by atoms with van der Waals surface area (Å²) in [5, 5.41) is 55.1. The van der Waals surface area contributed by atoms with Crippen LogP contribution in [0.15, 0.2) is 33.5 Å². The van der Waals surface area contributed by atoms with Gasteiger partial charge in [-0.1, -0.05) is 0 Å². The van der Waals surface area contributed by atoms with Crippen molar-refractivity contribution >= 4 is 22.8 Å². The number of ether oxygens (including phenoxy) is 2. The number of amides is 1. The van der Waals surface area contributed by atoms with Crippen LogP contribution in [-0.2, 0) is 14.3 Å². The first-order chi connectivity index (χ1) is 15.5. The van der Waals surface area contributed by atoms with Gasteiger partial charge in [-0.15, -0.1) is 0 Å². The number of carbonyl (C=O) groups excluding carboxylic acids is 2. The molecule has 180 valence electrons. The molecule has 33 heavy (non-hydrogen) atoms. The predicted octanol–water partition coefficient (Wildman–Crippen LogP) is -2.70. The number of fused-ring (bicyclic) bond motifs is 1. The molecule has 0 spiro atoms. The van der Waals surface area contributed by atoms with E-state index in [2.05, 4.69) is 5.32 Å². The molecule has 1 aliphatic heterocycles. The topological polar surface area (TPSA) is 199 Å². The highest BCUT2D eigenvalue weighted by molar-refractivity contribution is 5.81. The number of aliphatic carboxylic acids is 1. The van der Waals surface area contributed by atoms with Crippen LogP contribution in [0.5, 0.6) is 5.75 Å². The molecule has 1 aromatic heterocycles. The predicted molar refractivity (Wildman–Crippen MR) is 108 cm³/mol. The van der Waals surface area contributed by atoms with Crippen molar-refractivity contribution in [2.24, 2.45) is 0 Å². The van der Waals surface area contributed by atoms with Crippen molar-refractivity contribution in [1.82, 2.24) is 5.32 Å². The zero-order valence-corrected chi connectivity index (χ0v) is 17.8. The summed E-state index contributed by atoms with van der Waals surface area (Å²) in [5.74, 6) is -5.32. The Hall–Kier alpha value is -3.03. The van der Waals surface area contributed by atoms with Gasteiger partial charge in [0.25, 0.3) is 5.79 Å². The SMILES string of the molecule is CC(=O)N[C@H]1[C@H]([C@H](O)[C@H](O)CO)O[C@@](Oc2ccc3c(C)cc(=O)oc3c2)(C(=O)[O-])C[C@@H]1O. The van der Waals surface area contributed by atoms with Gasteiger partial charge in [-0.2, -0.15) is 0 Å². The maximum Gasteiger partial charge on any atom is 0.336 e. The first kappa shape index (κ1) is 24.6. The summed E-state index contributed by atoms with van der Waals surface area (Å²) in [5.41, 5.74) is 0.0901. The lowest BCUT2D eigenvalue weighted by Gasteiger charge is -2.48. The average molecular weight is 466 g/mol. The van der Waals surface area contributed by atoms with Crippen LogP contribution in [0, 0.1) is 6.92 Å². The third-order valence-electron chi connectivity index (χ3n) is 5.38. The fourth-order valence-corrected chi connectivity index (χ4v) is 3.78. The lowest BCUT2D eigenvalue weighted by atomic mass is 9.88. The van der Waals surface area contributed by atoms with Crippen molar-refractivity contribution in [3.8, 4) is 5.75 Å². The summed E-state index contributed by atoms with van der Waals surface area (Å²) in [6, 6.07) is 4.09. The molecule has 3 rings (SSSR count). The molecular formula is C21H24NO11-. The van der Waals surface area contributed by atoms with Crippen molar-refractivity contribution in [1.29, 1.82) is 0 Å². The Morgan fingerprint density at radius 1 is 1.33 bits per heavy atom. The summed E-state index contributed by atoms with van der Waals surface area (Å²) < 4.78 is 16.1. The van der Waals surface area contributed by atoms with Crippen molar-refractivity contribution in [2.45, 2.75) is 56.5 Å². The normalized spacial score (nSPS) is 27.0. The number of hydrogen-bond acceptors (Lipinski definition) is 11. The van der Waals surface area contributed by atoms with Gasteiger partial charge >= 0.3 is 5.63 Å². The molecule has 1 aliphatic rings. The van der Waals surface area contributed by atoms with Crippen molar-refractivity contribution < 1.29 is 49.0 Å². The lowest BCUT2D eigenvalue weighted by molar-refractivity contribution is -0.367. The van der Waals surface area contributed by atoms with Crippen LogP contribution in [-0.4, -0.2) is 75.2 Å². The summed E-state index contributed by atoms with van der Waals surface area (Å²) in [6.45, 7) is 1.90. The molecule has 12 nitrogen and oxygen atoms in total. The summed E-state index contributed by atoms with van der Waals surface area (Å²) >= 11 is 0. The zero-order valence-electron chi connectivity index (χ0n) is 17.8. The standard InChI is InChI=1S/C21H25NO11/c1-9-5-16(27)31-15-6-11(3-4-12(9)15)32-21(20(29)30)7-13(25)17(22-10(2)24)19(33-21)18(28)14(26)8-23/h3-6,13-14,17-19,23,25-26,28H,7-8H2,1-2H3,(H,22,24)(H,29,30)/p-1/t13-,14+,17+,18+,19+,21+/m0/s1. The van der Waals surface area contributed by atoms with E-state index in [0.717, 1.165) is 6.92 Å². The molecule has 0 aliphatic carbocycles. The number of hydrogen-bond donors (Lipinski definition) is 5. The van der Waals surface area contributed by atoms with Crippen LogP contribution in [0.4, 0.5) is 0 Å². The molecule has 0 saturated carbocycles. The van der Waals surface area contributed by atoms with Gasteiger partial charge < -0.3 is 49.5 Å². The van der Waals surface area contributed by atoms with Crippen LogP contribution in [0.1, 0.15) is 18.9 Å². The van der Waals surface area contributed by atoms with Gasteiger partial charge in [0.1, 0.15) is 35.6 Å². The van der Waals surface area contributed by atoms with Crippen LogP contribution in [0.25, 0.3) is 11.0 Å². The Labute approximate surface area is 187 Å². The molecule has 1 amide bonds. The summed E-state index contributed by atoms with van der Waals surface area (Å²) in [4.78, 5) is 35.4. The summed E-state index contributed by atoms with van der Waals surface area (Å²) in [7, 11) is 0. The van der Waals surface area contributed by atoms with Crippen molar-refractivity contribution in [3.05, 3.63) is 40.2 Å². The number of carboxylic acids is 1. The fraction of sp³-hybridized carbons (Fsp3) is 0.476. The Morgan fingerprint density at radius 3 is 2.64 bits per heavy atom. The van der Waals surface area contributed by atoms with Crippen LogP contribution >= 0.6 is 0 Å². The minimum Gasteiger partial charge on any atom is -0.543 e. The molecule has 0 bridgehead atoms. The Bertz CT molecular complexity index is 1100. The molecular weight excluding hydrogens is 442 g/mol. The van der Waals surface area contributed by atoms with Gasteiger partial charge in [-0.05, 0) is 24.6 Å². The molecule has 1 saturated heterocycles. The zero-order chi connectivity index (χ0) is 24.5. The Morgan fingerprint density at radius 2 is 2.03 bits per heavy atom. The number of carbonyl (C=O) groups is 2. The van der Waals surface area contributed by atoms with E-state index >= 15 is 0 Å². The van der Waals surface area contributed by atoms with E-state index in [-0.39, 0.29) is 11.3 Å². The fourth-order valence-electron chi connectivity index (χ4n) is 3.78. The molecule has 5 N–H and O–H groups in total. The van der Waals surface area contributed by atoms with Gasteiger partial charge in [0.2, 0.25) is 5.91 Å². The highest BCUT2D eigenvalue weighted by Gasteiger charge is 2.53. The van der Waals surface area contributed by atoms with E-state index in [9.17, 15) is 39.9 Å². The number of benzene rings is 1. The minimum absolute atomic E-state index is 0.103. The van der Waals surface area contributed by atoms with Crippen LogP contribution in [0.3, 0.4) is 0 Å². The van der Waals surface area contributed by atoms with Crippen LogP contribution in [0.2, 0.25) is 0 Å². The second-order valence-corrected chi connectivity index (χ2v) is 7.87. The third-order valence-corrected chi connectivity index (χ3v) is 5.38. The van der Waals surface area contributed by atoms with Gasteiger partial charge in [0, 0.05) is 30.9 Å². The Balaban J connectivity index is 2.01. The second-order valence-electron chi connectivity index (χ2n) is 7.87. The number of aryl methyl sites for hydroxylation is 1. The monoisotopic (exact) mass is 466 g/mol. The van der Waals surface area contributed by atoms with Gasteiger partial charge in [0.05, 0.1) is 18.8 Å². The molecule has 6 atom stereocenters. The van der Waals surface area contributed by atoms with E-state index in [1.807, 2.05) is 0 Å². The summed E-state index contributed by atoms with van der Waals surface area (Å²) in [6.07, 6.45) is -7.76. The van der Waals surface area contributed by atoms with E-state index in [1.165, 1.54) is 24.3 Å². The number of carboxylic acid groups (broad SMARTS) is 1. The molecule has 2 heterocycles. The third kappa shape index (κ3) is 4.99. The van der Waals surface area contributed by atoms with Crippen LogP contribution < -0.4 is 20.8 Å². The molecule has 1 fully saturated rings. The van der Waals surface area contributed by atoms with E-state index in [4.69, 9.17) is 13.9 Å². The largest absolute Gasteiger partial charge is 0.543 e. The quantitative estimate of drug-likeness (QED) is 0.266. The smallest absolute Gasteiger partial charge is 0.336 e. The van der Waals surface area contributed by atoms with Gasteiger partial charge in [-0.3, -0.25) is 4.79 Å². The molecule has 0 radical (unpaired) electrons. The number of aliphatic hydroxyl groups is 4. The Kier molecular flexibility index (Phi) is 7.05. The van der Waals surface area contributed by atoms with E-state index in [1.54, 1.807) is 6.92 Å². The highest BCUT2D eigenvalue weighted by atomic mass is 16.7. The number of nitrogens with one attached hydrogen (secondary N) is 1. The van der Waals surface area contributed by atoms with Gasteiger partial charge in [-0.25, -0.2) is 4.79 Å². The molecule has 0 unspecified atom stereocenters. The first-order valence-electron chi connectivity index (χ1n) is 10.0. The molecule has 2 aromatic rings. The average Bonchev–Trinajstić information content (AvgIpc) is 2.73. The lowest BCUT2D eigenvalue weighted by Crippen LogP contribution is -2.70. The number of aliphatic hydroxyl groups excluding tert-OH is 4. The molecule has 1 aromatic carbocycles. The number of rotatable bonds is 7. The first-order valence-corrected chi connectivity index (χ1v) is 10.0. The van der Waals surface area contributed by atoms with Gasteiger partial charge in [0.15, 0.2) is 0 Å². The van der Waals surface area contributed by atoms with Crippen molar-refractivity contribution in [2.75, 3.05) is 6.61 Å². The van der Waals surface area contributed by atoms with E-state index < -0.39 is 66.8 Å². The minimum atomic E-state index is -2.66. The highest BCUT2D eigenvalue weighted by Crippen LogP contribution is 2.35. The molecule has 12 heteroatoms. The van der Waals surface area contributed by atoms with E-state index in [0.29, 0.717) is 10.9 Å².